The van der Waals surface area contributed by atoms with Crippen molar-refractivity contribution in [2.45, 2.75) is 25.5 Å². The third-order valence-corrected chi connectivity index (χ3v) is 4.59. The smallest absolute Gasteiger partial charge is 0.258 e. The van der Waals surface area contributed by atoms with Crippen LogP contribution >= 0.6 is 0 Å². The summed E-state index contributed by atoms with van der Waals surface area (Å²) in [6, 6.07) is 14.2. The zero-order chi connectivity index (χ0) is 15.6. The molecule has 4 rings (SSSR count). The SMILES string of the molecule is O=C(Nc1ccc2c(c1)CNCC2)C1OCCc2ccccc21. The highest BCUT2D eigenvalue weighted by Crippen LogP contribution is 2.28. The summed E-state index contributed by atoms with van der Waals surface area (Å²) in [6.07, 6.45) is 1.39. The van der Waals surface area contributed by atoms with E-state index in [-0.39, 0.29) is 5.91 Å². The molecule has 2 aliphatic heterocycles. The fraction of sp³-hybridized carbons (Fsp3) is 0.316. The highest BCUT2D eigenvalue weighted by molar-refractivity contribution is 5.95. The molecule has 118 valence electrons. The van der Waals surface area contributed by atoms with Gasteiger partial charge in [0.1, 0.15) is 0 Å². The lowest BCUT2D eigenvalue weighted by atomic mass is 9.97. The fourth-order valence-electron chi connectivity index (χ4n) is 3.38. The van der Waals surface area contributed by atoms with Crippen molar-refractivity contribution in [2.24, 2.45) is 0 Å². The number of carbonyl (C=O) groups excluding carboxylic acids is 1. The molecule has 0 saturated heterocycles. The van der Waals surface area contributed by atoms with Crippen molar-refractivity contribution in [2.75, 3.05) is 18.5 Å². The van der Waals surface area contributed by atoms with Gasteiger partial charge in [-0.15, -0.1) is 0 Å². The maximum atomic E-state index is 12.6. The molecule has 4 heteroatoms. The summed E-state index contributed by atoms with van der Waals surface area (Å²) in [6.45, 7) is 2.47. The zero-order valence-electron chi connectivity index (χ0n) is 13.0. The summed E-state index contributed by atoms with van der Waals surface area (Å²) in [5.74, 6) is -0.0964. The first-order chi connectivity index (χ1) is 11.3. The molecular formula is C19H20N2O2. The van der Waals surface area contributed by atoms with Crippen molar-refractivity contribution in [3.63, 3.8) is 0 Å². The second-order valence-electron chi connectivity index (χ2n) is 6.10. The van der Waals surface area contributed by atoms with E-state index in [1.54, 1.807) is 0 Å². The lowest BCUT2D eigenvalue weighted by molar-refractivity contribution is -0.128. The van der Waals surface area contributed by atoms with Crippen molar-refractivity contribution in [1.82, 2.24) is 5.32 Å². The minimum Gasteiger partial charge on any atom is -0.363 e. The Morgan fingerprint density at radius 2 is 2.00 bits per heavy atom. The Morgan fingerprint density at radius 3 is 2.96 bits per heavy atom. The summed E-state index contributed by atoms with van der Waals surface area (Å²) in [7, 11) is 0. The lowest BCUT2D eigenvalue weighted by Gasteiger charge is -2.25. The maximum absolute atomic E-state index is 12.6. The van der Waals surface area contributed by atoms with Gasteiger partial charge in [-0.25, -0.2) is 0 Å². The monoisotopic (exact) mass is 308 g/mol. The molecule has 1 atom stereocenters. The van der Waals surface area contributed by atoms with Gasteiger partial charge in [-0.3, -0.25) is 4.79 Å². The van der Waals surface area contributed by atoms with Gasteiger partial charge in [-0.05, 0) is 53.8 Å². The van der Waals surface area contributed by atoms with Gasteiger partial charge in [-0.1, -0.05) is 30.3 Å². The number of amides is 1. The molecule has 2 aliphatic rings. The number of anilines is 1. The van der Waals surface area contributed by atoms with E-state index in [0.717, 1.165) is 37.2 Å². The molecule has 2 aromatic carbocycles. The highest BCUT2D eigenvalue weighted by atomic mass is 16.5. The second-order valence-corrected chi connectivity index (χ2v) is 6.10. The maximum Gasteiger partial charge on any atom is 0.258 e. The van der Waals surface area contributed by atoms with Crippen LogP contribution in [0.2, 0.25) is 0 Å². The van der Waals surface area contributed by atoms with Gasteiger partial charge in [0.25, 0.3) is 5.91 Å². The molecule has 4 nitrogen and oxygen atoms in total. The van der Waals surface area contributed by atoms with Crippen molar-refractivity contribution < 1.29 is 9.53 Å². The van der Waals surface area contributed by atoms with Gasteiger partial charge in [0.2, 0.25) is 0 Å². The van der Waals surface area contributed by atoms with Crippen LogP contribution < -0.4 is 10.6 Å². The van der Waals surface area contributed by atoms with Crippen molar-refractivity contribution in [3.05, 3.63) is 64.7 Å². The Hall–Kier alpha value is -2.17. The predicted molar refractivity (Wildman–Crippen MR) is 89.3 cm³/mol. The Bertz CT molecular complexity index is 742. The molecule has 1 amide bonds. The van der Waals surface area contributed by atoms with Crippen LogP contribution in [0.4, 0.5) is 5.69 Å². The van der Waals surface area contributed by atoms with Crippen LogP contribution in [-0.2, 0) is 28.9 Å². The molecule has 0 aromatic heterocycles. The first kappa shape index (κ1) is 14.4. The average Bonchev–Trinajstić information content (AvgIpc) is 2.61. The highest BCUT2D eigenvalue weighted by Gasteiger charge is 2.27. The van der Waals surface area contributed by atoms with Crippen LogP contribution in [0.3, 0.4) is 0 Å². The molecule has 0 saturated carbocycles. The van der Waals surface area contributed by atoms with E-state index in [4.69, 9.17) is 4.74 Å². The van der Waals surface area contributed by atoms with Gasteiger partial charge >= 0.3 is 0 Å². The molecule has 0 spiro atoms. The van der Waals surface area contributed by atoms with E-state index in [0.29, 0.717) is 6.61 Å². The summed E-state index contributed by atoms with van der Waals surface area (Å²) < 4.78 is 5.73. The van der Waals surface area contributed by atoms with Crippen LogP contribution in [0, 0.1) is 0 Å². The predicted octanol–water partition coefficient (Wildman–Crippen LogP) is 2.58. The molecule has 23 heavy (non-hydrogen) atoms. The van der Waals surface area contributed by atoms with Gasteiger partial charge in [-0.2, -0.15) is 0 Å². The number of nitrogens with one attached hydrogen (secondary N) is 2. The Kier molecular flexibility index (Phi) is 3.85. The van der Waals surface area contributed by atoms with E-state index in [2.05, 4.69) is 28.8 Å². The van der Waals surface area contributed by atoms with Crippen LogP contribution in [0.5, 0.6) is 0 Å². The largest absolute Gasteiger partial charge is 0.363 e. The molecule has 0 aliphatic carbocycles. The van der Waals surface area contributed by atoms with E-state index in [1.807, 2.05) is 24.3 Å². The minimum absolute atomic E-state index is 0.0964. The van der Waals surface area contributed by atoms with E-state index in [9.17, 15) is 4.79 Å². The number of benzene rings is 2. The molecule has 2 aromatic rings. The normalized spacial score (nSPS) is 19.6. The van der Waals surface area contributed by atoms with Gasteiger partial charge < -0.3 is 15.4 Å². The van der Waals surface area contributed by atoms with Gasteiger partial charge in [0, 0.05) is 12.2 Å². The van der Waals surface area contributed by atoms with Crippen LogP contribution in [0.1, 0.15) is 28.4 Å². The van der Waals surface area contributed by atoms with Gasteiger partial charge in [0.05, 0.1) is 6.61 Å². The van der Waals surface area contributed by atoms with Crippen molar-refractivity contribution >= 4 is 11.6 Å². The lowest BCUT2D eigenvalue weighted by Crippen LogP contribution is -2.28. The summed E-state index contributed by atoms with van der Waals surface area (Å²) in [4.78, 5) is 12.6. The Morgan fingerprint density at radius 1 is 1.09 bits per heavy atom. The van der Waals surface area contributed by atoms with Crippen LogP contribution in [0.15, 0.2) is 42.5 Å². The molecule has 0 radical (unpaired) electrons. The van der Waals surface area contributed by atoms with Crippen LogP contribution in [0.25, 0.3) is 0 Å². The van der Waals surface area contributed by atoms with E-state index >= 15 is 0 Å². The van der Waals surface area contributed by atoms with Crippen molar-refractivity contribution in [1.29, 1.82) is 0 Å². The second kappa shape index (κ2) is 6.14. The number of ether oxygens (including phenoxy) is 1. The molecule has 0 fully saturated rings. The third kappa shape index (κ3) is 2.87. The fourth-order valence-corrected chi connectivity index (χ4v) is 3.38. The first-order valence-corrected chi connectivity index (χ1v) is 8.14. The van der Waals surface area contributed by atoms with Gasteiger partial charge in [0.15, 0.2) is 6.10 Å². The van der Waals surface area contributed by atoms with E-state index in [1.165, 1.54) is 16.7 Å². The van der Waals surface area contributed by atoms with E-state index < -0.39 is 6.10 Å². The number of rotatable bonds is 2. The standard InChI is InChI=1S/C19H20N2O2/c22-19(18-17-4-2-1-3-14(17)8-10-23-18)21-16-6-5-13-7-9-20-12-15(13)11-16/h1-6,11,18,20H,7-10,12H2,(H,21,22). The molecule has 1 unspecified atom stereocenters. The molecule has 2 heterocycles. The molecular weight excluding hydrogens is 288 g/mol. The zero-order valence-corrected chi connectivity index (χ0v) is 13.0. The summed E-state index contributed by atoms with van der Waals surface area (Å²) >= 11 is 0. The summed E-state index contributed by atoms with van der Waals surface area (Å²) in [5.41, 5.74) is 5.65. The van der Waals surface area contributed by atoms with Crippen LogP contribution in [-0.4, -0.2) is 19.1 Å². The quantitative estimate of drug-likeness (QED) is 0.896. The average molecular weight is 308 g/mol. The number of hydrogen-bond donors (Lipinski definition) is 2. The number of carbonyl (C=O) groups is 1. The molecule has 0 bridgehead atoms. The number of fused-ring (bicyclic) bond motifs is 2. The first-order valence-electron chi connectivity index (χ1n) is 8.14. The topological polar surface area (TPSA) is 50.4 Å². The number of hydrogen-bond acceptors (Lipinski definition) is 3. The third-order valence-electron chi connectivity index (χ3n) is 4.59. The Labute approximate surface area is 135 Å². The molecule has 2 N–H and O–H groups in total. The summed E-state index contributed by atoms with van der Waals surface area (Å²) in [5, 5.41) is 6.37. The minimum atomic E-state index is -0.519. The Balaban J connectivity index is 1.55. The van der Waals surface area contributed by atoms with Crippen molar-refractivity contribution in [3.8, 4) is 0 Å².